The molecule has 0 spiro atoms. The average Bonchev–Trinajstić information content (AvgIpc) is 2.76. The number of carbonyl (C=O) groups is 2. The highest BCUT2D eigenvalue weighted by atomic mass is 127. The molecule has 10 nitrogen and oxygen atoms in total. The van der Waals surface area contributed by atoms with Gasteiger partial charge in [0.2, 0.25) is 0 Å². The number of nitrogens with zero attached hydrogens (tertiary/aromatic N) is 2. The molecule has 0 atom stereocenters. The lowest BCUT2D eigenvalue weighted by molar-refractivity contribution is -0.384. The Bertz CT molecular complexity index is 1090. The van der Waals surface area contributed by atoms with Crippen molar-refractivity contribution in [3.05, 3.63) is 61.2 Å². The zero-order chi connectivity index (χ0) is 23.0. The number of hydrogen-bond donors (Lipinski definition) is 1. The van der Waals surface area contributed by atoms with E-state index < -0.39 is 16.8 Å². The number of nitro benzene ring substituents is 1. The molecule has 0 aliphatic heterocycles. The summed E-state index contributed by atoms with van der Waals surface area (Å²) < 4.78 is 15.8. The number of non-ortho nitro benzene ring substituents is 1. The van der Waals surface area contributed by atoms with Crippen LogP contribution in [0.2, 0.25) is 0 Å². The lowest BCUT2D eigenvalue weighted by Gasteiger charge is -2.13. The van der Waals surface area contributed by atoms with Crippen LogP contribution in [-0.2, 0) is 14.3 Å². The summed E-state index contributed by atoms with van der Waals surface area (Å²) in [7, 11) is 2.65. The number of benzene rings is 2. The predicted molar refractivity (Wildman–Crippen MR) is 119 cm³/mol. The van der Waals surface area contributed by atoms with Crippen LogP contribution in [0.3, 0.4) is 0 Å². The second-order valence-electron chi connectivity index (χ2n) is 5.83. The average molecular weight is 537 g/mol. The van der Waals surface area contributed by atoms with Gasteiger partial charge >= 0.3 is 5.97 Å². The molecule has 2 aromatic rings. The molecule has 2 aromatic carbocycles. The van der Waals surface area contributed by atoms with Gasteiger partial charge in [-0.25, -0.2) is 4.79 Å². The zero-order valence-electron chi connectivity index (χ0n) is 16.4. The van der Waals surface area contributed by atoms with Crippen molar-refractivity contribution in [3.63, 3.8) is 0 Å². The van der Waals surface area contributed by atoms with Crippen molar-refractivity contribution < 1.29 is 28.7 Å². The van der Waals surface area contributed by atoms with E-state index in [1.807, 2.05) is 22.6 Å². The number of nitrogens with one attached hydrogen (secondary N) is 1. The molecule has 0 aliphatic carbocycles. The molecule has 0 saturated heterocycles. The fraction of sp³-hybridized carbons (Fsp3) is 0.150. The Kier molecular flexibility index (Phi) is 8.33. The molecule has 0 aliphatic rings. The minimum absolute atomic E-state index is 0.180. The van der Waals surface area contributed by atoms with Gasteiger partial charge in [0.15, 0.2) is 18.1 Å². The van der Waals surface area contributed by atoms with Gasteiger partial charge < -0.3 is 19.5 Å². The predicted octanol–water partition coefficient (Wildman–Crippen LogP) is 3.31. The first kappa shape index (κ1) is 23.6. The monoisotopic (exact) mass is 537 g/mol. The molecule has 1 amide bonds. The molecule has 0 saturated carbocycles. The first-order chi connectivity index (χ1) is 14.8. The number of halogens is 1. The van der Waals surface area contributed by atoms with E-state index in [-0.39, 0.29) is 23.6 Å². The Labute approximate surface area is 190 Å². The zero-order valence-corrected chi connectivity index (χ0v) is 18.5. The fourth-order valence-electron chi connectivity index (χ4n) is 2.36. The van der Waals surface area contributed by atoms with Gasteiger partial charge in [-0.05, 0) is 52.4 Å². The summed E-state index contributed by atoms with van der Waals surface area (Å²) in [5, 5.41) is 22.7. The largest absolute Gasteiger partial charge is 0.493 e. The van der Waals surface area contributed by atoms with Crippen LogP contribution in [0.4, 0.5) is 11.4 Å². The van der Waals surface area contributed by atoms with Crippen molar-refractivity contribution in [2.45, 2.75) is 0 Å². The maximum absolute atomic E-state index is 12.5. The number of hydrogen-bond acceptors (Lipinski definition) is 8. The molecule has 160 valence electrons. The highest BCUT2D eigenvalue weighted by Crippen LogP contribution is 2.34. The summed E-state index contributed by atoms with van der Waals surface area (Å²) in [4.78, 5) is 34.1. The van der Waals surface area contributed by atoms with Crippen molar-refractivity contribution >= 4 is 51.9 Å². The third-order valence-corrected chi connectivity index (χ3v) is 4.61. The number of rotatable bonds is 8. The molecule has 0 fully saturated rings. The van der Waals surface area contributed by atoms with Gasteiger partial charge in [-0.2, -0.15) is 5.26 Å². The molecule has 0 radical (unpaired) electrons. The van der Waals surface area contributed by atoms with Crippen LogP contribution in [0.1, 0.15) is 5.56 Å². The van der Waals surface area contributed by atoms with E-state index in [0.29, 0.717) is 20.6 Å². The third-order valence-electron chi connectivity index (χ3n) is 3.80. The SMILES string of the molecule is COC(=O)COc1c(I)cc(/C=C(\C#N)C(=O)Nc2cccc([N+](=O)[O-])c2)cc1OC. The van der Waals surface area contributed by atoms with E-state index in [9.17, 15) is 25.0 Å². The van der Waals surface area contributed by atoms with Gasteiger partial charge in [-0.1, -0.05) is 6.07 Å². The molecular weight excluding hydrogens is 521 g/mol. The van der Waals surface area contributed by atoms with E-state index in [1.54, 1.807) is 12.1 Å². The summed E-state index contributed by atoms with van der Waals surface area (Å²) in [5.41, 5.74) is 0.228. The molecule has 31 heavy (non-hydrogen) atoms. The summed E-state index contributed by atoms with van der Waals surface area (Å²) in [6.45, 7) is -0.312. The van der Waals surface area contributed by atoms with Crippen molar-refractivity contribution in [1.82, 2.24) is 0 Å². The fourth-order valence-corrected chi connectivity index (χ4v) is 3.15. The summed E-state index contributed by atoms with van der Waals surface area (Å²) in [6.07, 6.45) is 1.33. The lowest BCUT2D eigenvalue weighted by Crippen LogP contribution is -2.14. The normalized spacial score (nSPS) is 10.6. The van der Waals surface area contributed by atoms with Crippen LogP contribution in [0, 0.1) is 25.0 Å². The number of amides is 1. The number of ether oxygens (including phenoxy) is 3. The molecule has 0 unspecified atom stereocenters. The second kappa shape index (κ2) is 10.9. The molecule has 0 bridgehead atoms. The lowest BCUT2D eigenvalue weighted by atomic mass is 10.1. The quantitative estimate of drug-likeness (QED) is 0.135. The minimum Gasteiger partial charge on any atom is -0.493 e. The summed E-state index contributed by atoms with van der Waals surface area (Å²) in [5.74, 6) is -0.696. The summed E-state index contributed by atoms with van der Waals surface area (Å²) >= 11 is 1.96. The van der Waals surface area contributed by atoms with Crippen molar-refractivity contribution in [1.29, 1.82) is 5.26 Å². The van der Waals surface area contributed by atoms with Gasteiger partial charge in [0.25, 0.3) is 11.6 Å². The van der Waals surface area contributed by atoms with Crippen LogP contribution < -0.4 is 14.8 Å². The molecule has 2 rings (SSSR count). The second-order valence-corrected chi connectivity index (χ2v) is 6.99. The highest BCUT2D eigenvalue weighted by molar-refractivity contribution is 14.1. The van der Waals surface area contributed by atoms with Gasteiger partial charge in [-0.3, -0.25) is 14.9 Å². The topological polar surface area (TPSA) is 141 Å². The van der Waals surface area contributed by atoms with E-state index in [2.05, 4.69) is 10.1 Å². The molecule has 11 heteroatoms. The van der Waals surface area contributed by atoms with Gasteiger partial charge in [0.1, 0.15) is 11.6 Å². The number of carbonyl (C=O) groups excluding carboxylic acids is 2. The Morgan fingerprint density at radius 3 is 2.65 bits per heavy atom. The van der Waals surface area contributed by atoms with Crippen LogP contribution in [-0.4, -0.2) is 37.6 Å². The van der Waals surface area contributed by atoms with Crippen LogP contribution in [0.5, 0.6) is 11.5 Å². The first-order valence-corrected chi connectivity index (χ1v) is 9.61. The van der Waals surface area contributed by atoms with Crippen LogP contribution in [0.15, 0.2) is 42.0 Å². The minimum atomic E-state index is -0.733. The van der Waals surface area contributed by atoms with Crippen molar-refractivity contribution in [2.24, 2.45) is 0 Å². The van der Waals surface area contributed by atoms with Crippen molar-refractivity contribution in [3.8, 4) is 17.6 Å². The Morgan fingerprint density at radius 1 is 1.29 bits per heavy atom. The van der Waals surface area contributed by atoms with E-state index in [1.165, 1.54) is 50.6 Å². The van der Waals surface area contributed by atoms with Crippen LogP contribution in [0.25, 0.3) is 6.08 Å². The van der Waals surface area contributed by atoms with E-state index >= 15 is 0 Å². The number of methoxy groups -OCH3 is 2. The number of nitriles is 1. The Hall–Kier alpha value is -3.66. The number of anilines is 1. The first-order valence-electron chi connectivity index (χ1n) is 8.53. The number of esters is 1. The molecule has 0 heterocycles. The van der Waals surface area contributed by atoms with Crippen LogP contribution >= 0.6 is 22.6 Å². The smallest absolute Gasteiger partial charge is 0.343 e. The third kappa shape index (κ3) is 6.41. The highest BCUT2D eigenvalue weighted by Gasteiger charge is 2.16. The number of nitro groups is 1. The summed E-state index contributed by atoms with van der Waals surface area (Å²) in [6, 6.07) is 10.3. The van der Waals surface area contributed by atoms with Crippen molar-refractivity contribution in [2.75, 3.05) is 26.1 Å². The van der Waals surface area contributed by atoms with E-state index in [4.69, 9.17) is 9.47 Å². The van der Waals surface area contributed by atoms with Gasteiger partial charge in [0.05, 0.1) is 22.7 Å². The van der Waals surface area contributed by atoms with E-state index in [0.717, 1.165) is 0 Å². The molecule has 1 N–H and O–H groups in total. The Morgan fingerprint density at radius 2 is 2.03 bits per heavy atom. The standard InChI is InChI=1S/C20H16IN3O7/c1-29-17-8-12(7-16(21)19(17)31-11-18(25)30-2)6-13(10-22)20(26)23-14-4-3-5-15(9-14)24(27)28/h3-9H,11H2,1-2H3,(H,23,26)/b13-6+. The molecule has 0 aromatic heterocycles. The molecular formula is C20H16IN3O7. The maximum Gasteiger partial charge on any atom is 0.343 e. The van der Waals surface area contributed by atoms with Gasteiger partial charge in [0, 0.05) is 17.8 Å². The van der Waals surface area contributed by atoms with Gasteiger partial charge in [-0.15, -0.1) is 0 Å². The maximum atomic E-state index is 12.5. The Balaban J connectivity index is 2.29.